The molecular weight excluding hydrogens is 192 g/mol. The standard InChI is InChI=1S/C11H20N2O2/c1-11(2,14)9-5-4-6-10(13-9)15-8-7-12-3/h6,12,14H,4-5,7-8H2,1-3H3. The molecule has 0 aromatic heterocycles. The van der Waals surface area contributed by atoms with E-state index in [1.54, 1.807) is 13.8 Å². The summed E-state index contributed by atoms with van der Waals surface area (Å²) in [5, 5.41) is 12.8. The van der Waals surface area contributed by atoms with Gasteiger partial charge in [0.1, 0.15) is 6.61 Å². The molecule has 0 bridgehead atoms. The van der Waals surface area contributed by atoms with Crippen molar-refractivity contribution in [2.75, 3.05) is 20.2 Å². The van der Waals surface area contributed by atoms with Crippen LogP contribution in [-0.4, -0.2) is 36.6 Å². The smallest absolute Gasteiger partial charge is 0.209 e. The highest BCUT2D eigenvalue weighted by molar-refractivity contribution is 5.92. The van der Waals surface area contributed by atoms with Crippen LogP contribution < -0.4 is 5.32 Å². The fraction of sp³-hybridized carbons (Fsp3) is 0.727. The van der Waals surface area contributed by atoms with Crippen LogP contribution in [0.15, 0.2) is 17.0 Å². The third-order valence-corrected chi connectivity index (χ3v) is 2.25. The van der Waals surface area contributed by atoms with Gasteiger partial charge in [-0.3, -0.25) is 0 Å². The van der Waals surface area contributed by atoms with Gasteiger partial charge in [-0.05, 0) is 39.8 Å². The number of rotatable bonds is 5. The molecule has 1 aliphatic heterocycles. The summed E-state index contributed by atoms with van der Waals surface area (Å²) in [4.78, 5) is 4.30. The monoisotopic (exact) mass is 212 g/mol. The van der Waals surface area contributed by atoms with E-state index in [1.165, 1.54) is 0 Å². The lowest BCUT2D eigenvalue weighted by Gasteiger charge is -2.23. The molecule has 0 aliphatic carbocycles. The van der Waals surface area contributed by atoms with Crippen molar-refractivity contribution in [2.24, 2.45) is 4.99 Å². The van der Waals surface area contributed by atoms with E-state index in [2.05, 4.69) is 10.3 Å². The first-order chi connectivity index (χ1) is 7.04. The molecule has 0 aromatic rings. The Bertz CT molecular complexity index is 264. The highest BCUT2D eigenvalue weighted by Gasteiger charge is 2.23. The van der Waals surface area contributed by atoms with E-state index in [0.29, 0.717) is 12.5 Å². The van der Waals surface area contributed by atoms with Gasteiger partial charge in [0, 0.05) is 6.54 Å². The Morgan fingerprint density at radius 1 is 1.60 bits per heavy atom. The number of aliphatic imine (C=N–C) groups is 1. The van der Waals surface area contributed by atoms with E-state index in [-0.39, 0.29) is 0 Å². The number of allylic oxidation sites excluding steroid dienone is 1. The SMILES string of the molecule is CNCCOC1=CCCC(C(C)(C)O)=N1. The lowest BCUT2D eigenvalue weighted by molar-refractivity contribution is 0.148. The lowest BCUT2D eigenvalue weighted by atomic mass is 9.97. The van der Waals surface area contributed by atoms with Crippen LogP contribution >= 0.6 is 0 Å². The van der Waals surface area contributed by atoms with Gasteiger partial charge in [0.25, 0.3) is 0 Å². The van der Waals surface area contributed by atoms with E-state index in [4.69, 9.17) is 4.74 Å². The van der Waals surface area contributed by atoms with Crippen molar-refractivity contribution >= 4 is 5.71 Å². The van der Waals surface area contributed by atoms with Crippen molar-refractivity contribution in [1.82, 2.24) is 5.32 Å². The number of ether oxygens (including phenoxy) is 1. The predicted octanol–water partition coefficient (Wildman–Crippen LogP) is 1.07. The molecule has 0 amide bonds. The number of hydrogen-bond donors (Lipinski definition) is 2. The Morgan fingerprint density at radius 3 is 2.93 bits per heavy atom. The molecule has 1 heterocycles. The van der Waals surface area contributed by atoms with Gasteiger partial charge in [-0.15, -0.1) is 0 Å². The van der Waals surface area contributed by atoms with Crippen LogP contribution in [0.4, 0.5) is 0 Å². The molecule has 1 aliphatic rings. The van der Waals surface area contributed by atoms with Crippen molar-refractivity contribution < 1.29 is 9.84 Å². The summed E-state index contributed by atoms with van der Waals surface area (Å²) < 4.78 is 5.45. The molecule has 86 valence electrons. The summed E-state index contributed by atoms with van der Waals surface area (Å²) in [5.74, 6) is 0.633. The Balaban J connectivity index is 2.53. The van der Waals surface area contributed by atoms with E-state index < -0.39 is 5.60 Å². The summed E-state index contributed by atoms with van der Waals surface area (Å²) in [7, 11) is 1.88. The molecule has 0 radical (unpaired) electrons. The minimum atomic E-state index is -0.841. The number of nitrogens with zero attached hydrogens (tertiary/aromatic N) is 1. The van der Waals surface area contributed by atoms with E-state index in [1.807, 2.05) is 13.1 Å². The Labute approximate surface area is 91.0 Å². The van der Waals surface area contributed by atoms with Crippen molar-refractivity contribution in [3.8, 4) is 0 Å². The molecule has 15 heavy (non-hydrogen) atoms. The maximum atomic E-state index is 9.81. The number of nitrogens with one attached hydrogen (secondary N) is 1. The average molecular weight is 212 g/mol. The largest absolute Gasteiger partial charge is 0.477 e. The zero-order valence-corrected chi connectivity index (χ0v) is 9.71. The van der Waals surface area contributed by atoms with Crippen molar-refractivity contribution in [3.63, 3.8) is 0 Å². The van der Waals surface area contributed by atoms with Gasteiger partial charge in [-0.25, -0.2) is 4.99 Å². The van der Waals surface area contributed by atoms with E-state index >= 15 is 0 Å². The molecule has 0 spiro atoms. The molecule has 0 aromatic carbocycles. The van der Waals surface area contributed by atoms with Crippen molar-refractivity contribution in [1.29, 1.82) is 0 Å². The van der Waals surface area contributed by atoms with Gasteiger partial charge < -0.3 is 15.2 Å². The molecule has 4 heteroatoms. The van der Waals surface area contributed by atoms with E-state index in [0.717, 1.165) is 25.1 Å². The maximum Gasteiger partial charge on any atom is 0.209 e. The van der Waals surface area contributed by atoms with Gasteiger partial charge in [0.05, 0.1) is 11.3 Å². The first-order valence-electron chi connectivity index (χ1n) is 5.32. The van der Waals surface area contributed by atoms with Crippen LogP contribution in [0.5, 0.6) is 0 Å². The zero-order chi connectivity index (χ0) is 11.3. The van der Waals surface area contributed by atoms with Gasteiger partial charge in [-0.1, -0.05) is 0 Å². The minimum absolute atomic E-state index is 0.602. The first-order valence-corrected chi connectivity index (χ1v) is 5.32. The van der Waals surface area contributed by atoms with Crippen molar-refractivity contribution in [3.05, 3.63) is 12.0 Å². The molecule has 1 rings (SSSR count). The molecule has 0 atom stereocenters. The second-order valence-corrected chi connectivity index (χ2v) is 4.15. The molecule has 4 nitrogen and oxygen atoms in total. The lowest BCUT2D eigenvalue weighted by Crippen LogP contribution is -2.32. The van der Waals surface area contributed by atoms with Gasteiger partial charge in [0.2, 0.25) is 5.88 Å². The Hall–Kier alpha value is -0.870. The topological polar surface area (TPSA) is 53.8 Å². The van der Waals surface area contributed by atoms with Crippen LogP contribution in [0, 0.1) is 0 Å². The number of hydrogen-bond acceptors (Lipinski definition) is 4. The Kier molecular flexibility index (Phi) is 4.29. The number of likely N-dealkylation sites (N-methyl/N-ethyl adjacent to an activating group) is 1. The normalized spacial score (nSPS) is 17.1. The van der Waals surface area contributed by atoms with Gasteiger partial charge in [0.15, 0.2) is 0 Å². The highest BCUT2D eigenvalue weighted by atomic mass is 16.5. The molecule has 0 saturated heterocycles. The fourth-order valence-corrected chi connectivity index (χ4v) is 1.36. The minimum Gasteiger partial charge on any atom is -0.477 e. The summed E-state index contributed by atoms with van der Waals surface area (Å²) in [6.45, 7) is 4.90. The predicted molar refractivity (Wildman–Crippen MR) is 60.9 cm³/mol. The van der Waals surface area contributed by atoms with Crippen LogP contribution in [0.25, 0.3) is 0 Å². The second-order valence-electron chi connectivity index (χ2n) is 4.15. The summed E-state index contributed by atoms with van der Waals surface area (Å²) in [6.07, 6.45) is 3.66. The van der Waals surface area contributed by atoms with Crippen LogP contribution in [0.1, 0.15) is 26.7 Å². The molecule has 0 saturated carbocycles. The fourth-order valence-electron chi connectivity index (χ4n) is 1.36. The summed E-state index contributed by atoms with van der Waals surface area (Å²) >= 11 is 0. The number of aliphatic hydroxyl groups is 1. The van der Waals surface area contributed by atoms with Gasteiger partial charge in [-0.2, -0.15) is 0 Å². The molecule has 0 unspecified atom stereocenters. The maximum absolute atomic E-state index is 9.81. The highest BCUT2D eigenvalue weighted by Crippen LogP contribution is 2.18. The van der Waals surface area contributed by atoms with Crippen LogP contribution in [0.2, 0.25) is 0 Å². The molecular formula is C11H20N2O2. The zero-order valence-electron chi connectivity index (χ0n) is 9.71. The summed E-state index contributed by atoms with van der Waals surface area (Å²) in [5.41, 5.74) is -0.0456. The first kappa shape index (κ1) is 12.2. The van der Waals surface area contributed by atoms with Crippen LogP contribution in [0.3, 0.4) is 0 Å². The third kappa shape index (κ3) is 4.01. The third-order valence-electron chi connectivity index (χ3n) is 2.25. The second kappa shape index (κ2) is 5.28. The Morgan fingerprint density at radius 2 is 2.33 bits per heavy atom. The van der Waals surface area contributed by atoms with Gasteiger partial charge >= 0.3 is 0 Å². The average Bonchev–Trinajstić information content (AvgIpc) is 2.17. The molecule has 2 N–H and O–H groups in total. The molecule has 0 fully saturated rings. The van der Waals surface area contributed by atoms with Crippen LogP contribution in [-0.2, 0) is 4.74 Å². The van der Waals surface area contributed by atoms with Crippen molar-refractivity contribution in [2.45, 2.75) is 32.3 Å². The van der Waals surface area contributed by atoms with E-state index in [9.17, 15) is 5.11 Å². The summed E-state index contributed by atoms with van der Waals surface area (Å²) in [6, 6.07) is 0. The quantitative estimate of drug-likeness (QED) is 0.670.